The molecule has 0 unspecified atom stereocenters. The molecule has 0 aliphatic heterocycles. The number of benzene rings is 9. The molecule has 0 atom stereocenters. The largest absolute Gasteiger partial charge is 0.308 e. The highest BCUT2D eigenvalue weighted by Crippen LogP contribution is 2.42. The summed E-state index contributed by atoms with van der Waals surface area (Å²) in [5, 5.41) is 4.80. The maximum Gasteiger partial charge on any atom is 0.166 e. The van der Waals surface area contributed by atoms with Gasteiger partial charge in [-0.25, -0.2) is 15.0 Å². The molecule has 0 aliphatic rings. The minimum absolute atomic E-state index is 0.606. The standard InChI is InChI=1S/C57H36N4S/c1-4-17-37(18-5-1)40-31-33-43-44-34-32-41(38-19-6-2-7-20-38)36-52(44)61(51(43)35-40)50-29-14-12-26-48(50)56-58-55(47-25-11-10-23-42(47)39-21-8-3-9-22-39)59-57(60-56)49-28-16-27-46-45-24-13-15-30-53(45)62-54(46)49/h1-36H. The Morgan fingerprint density at radius 3 is 1.42 bits per heavy atom. The maximum absolute atomic E-state index is 5.45. The van der Waals surface area contributed by atoms with Crippen LogP contribution in [-0.4, -0.2) is 19.5 Å². The Hall–Kier alpha value is -7.99. The van der Waals surface area contributed by atoms with Crippen LogP contribution in [0.5, 0.6) is 0 Å². The molecule has 62 heavy (non-hydrogen) atoms. The zero-order valence-electron chi connectivity index (χ0n) is 33.5. The SMILES string of the molecule is c1ccc(-c2ccc3c4ccc(-c5ccccc5)cc4n(-c4ccccc4-c4nc(-c5ccccc5-c5ccccc5)nc(-c5cccc6c5sc5ccccc56)n4)c3c2)cc1. The summed E-state index contributed by atoms with van der Waals surface area (Å²) >= 11 is 1.78. The van der Waals surface area contributed by atoms with E-state index in [0.717, 1.165) is 60.4 Å². The number of nitrogens with zero attached hydrogens (tertiary/aromatic N) is 4. The summed E-state index contributed by atoms with van der Waals surface area (Å²) in [6.45, 7) is 0. The number of para-hydroxylation sites is 1. The fourth-order valence-electron chi connectivity index (χ4n) is 8.96. The minimum atomic E-state index is 0.606. The topological polar surface area (TPSA) is 43.6 Å². The number of fused-ring (bicyclic) bond motifs is 6. The van der Waals surface area contributed by atoms with E-state index in [1.54, 1.807) is 11.3 Å². The summed E-state index contributed by atoms with van der Waals surface area (Å²) in [5.74, 6) is 1.87. The van der Waals surface area contributed by atoms with Gasteiger partial charge in [0, 0.05) is 47.6 Å². The molecule has 0 fully saturated rings. The molecule has 3 aromatic heterocycles. The molecule has 4 nitrogen and oxygen atoms in total. The molecule has 290 valence electrons. The lowest BCUT2D eigenvalue weighted by Gasteiger charge is -2.16. The zero-order valence-corrected chi connectivity index (χ0v) is 34.3. The summed E-state index contributed by atoms with van der Waals surface area (Å²) in [5.41, 5.74) is 12.9. The van der Waals surface area contributed by atoms with E-state index < -0.39 is 0 Å². The lowest BCUT2D eigenvalue weighted by molar-refractivity contribution is 1.07. The van der Waals surface area contributed by atoms with Crippen molar-refractivity contribution < 1.29 is 0 Å². The average molecular weight is 809 g/mol. The number of hydrogen-bond donors (Lipinski definition) is 0. The quantitative estimate of drug-likeness (QED) is 0.161. The van der Waals surface area contributed by atoms with Crippen molar-refractivity contribution in [2.45, 2.75) is 0 Å². The van der Waals surface area contributed by atoms with Gasteiger partial charge in [-0.2, -0.15) is 0 Å². The van der Waals surface area contributed by atoms with Gasteiger partial charge in [-0.3, -0.25) is 0 Å². The molecular formula is C57H36N4S. The summed E-state index contributed by atoms with van der Waals surface area (Å²) in [4.78, 5) is 16.3. The van der Waals surface area contributed by atoms with Crippen molar-refractivity contribution in [2.75, 3.05) is 0 Å². The molecule has 12 aromatic rings. The van der Waals surface area contributed by atoms with Crippen LogP contribution in [0, 0.1) is 0 Å². The molecule has 3 heterocycles. The highest BCUT2D eigenvalue weighted by Gasteiger charge is 2.22. The van der Waals surface area contributed by atoms with E-state index >= 15 is 0 Å². The van der Waals surface area contributed by atoms with Crippen LogP contribution in [0.25, 0.3) is 115 Å². The molecule has 5 heteroatoms. The lowest BCUT2D eigenvalue weighted by Crippen LogP contribution is -2.04. The number of hydrogen-bond acceptors (Lipinski definition) is 4. The van der Waals surface area contributed by atoms with Gasteiger partial charge in [-0.05, 0) is 69.8 Å². The summed E-state index contributed by atoms with van der Waals surface area (Å²) in [6, 6.07) is 77.5. The Morgan fingerprint density at radius 2 is 0.774 bits per heavy atom. The Morgan fingerprint density at radius 1 is 0.306 bits per heavy atom. The average Bonchev–Trinajstić information content (AvgIpc) is 3.90. The van der Waals surface area contributed by atoms with Crippen LogP contribution < -0.4 is 0 Å². The molecule has 9 aromatic carbocycles. The van der Waals surface area contributed by atoms with Crippen molar-refractivity contribution in [1.82, 2.24) is 19.5 Å². The highest BCUT2D eigenvalue weighted by atomic mass is 32.1. The molecule has 0 saturated carbocycles. The van der Waals surface area contributed by atoms with Crippen molar-refractivity contribution in [3.8, 4) is 73.2 Å². The van der Waals surface area contributed by atoms with Gasteiger partial charge in [0.15, 0.2) is 17.5 Å². The molecule has 0 amide bonds. The fourth-order valence-corrected chi connectivity index (χ4v) is 10.2. The smallest absolute Gasteiger partial charge is 0.166 e. The van der Waals surface area contributed by atoms with Crippen molar-refractivity contribution in [2.24, 2.45) is 0 Å². The van der Waals surface area contributed by atoms with E-state index in [4.69, 9.17) is 15.0 Å². The predicted octanol–water partition coefficient (Wildman–Crippen LogP) is 15.3. The molecule has 0 saturated heterocycles. The van der Waals surface area contributed by atoms with Crippen molar-refractivity contribution in [3.63, 3.8) is 0 Å². The summed E-state index contributed by atoms with van der Waals surface area (Å²) in [6.07, 6.45) is 0. The first-order valence-electron chi connectivity index (χ1n) is 20.9. The maximum atomic E-state index is 5.45. The fraction of sp³-hybridized carbons (Fsp3) is 0. The van der Waals surface area contributed by atoms with Gasteiger partial charge >= 0.3 is 0 Å². The van der Waals surface area contributed by atoms with Crippen LogP contribution >= 0.6 is 11.3 Å². The number of aromatic nitrogens is 4. The van der Waals surface area contributed by atoms with Crippen LogP contribution in [0.1, 0.15) is 0 Å². The third-order valence-electron chi connectivity index (χ3n) is 11.9. The van der Waals surface area contributed by atoms with Crippen LogP contribution in [0.15, 0.2) is 218 Å². The highest BCUT2D eigenvalue weighted by molar-refractivity contribution is 7.26. The van der Waals surface area contributed by atoms with Gasteiger partial charge in [0.05, 0.1) is 16.7 Å². The predicted molar refractivity (Wildman–Crippen MR) is 260 cm³/mol. The Labute approximate surface area is 362 Å². The van der Waals surface area contributed by atoms with Crippen LogP contribution in [0.4, 0.5) is 0 Å². The van der Waals surface area contributed by atoms with E-state index in [-0.39, 0.29) is 0 Å². The van der Waals surface area contributed by atoms with Gasteiger partial charge in [-0.15, -0.1) is 11.3 Å². The second kappa shape index (κ2) is 14.9. The van der Waals surface area contributed by atoms with Gasteiger partial charge in [0.1, 0.15) is 0 Å². The van der Waals surface area contributed by atoms with Gasteiger partial charge < -0.3 is 4.57 Å². The third kappa shape index (κ3) is 6.09. The zero-order chi connectivity index (χ0) is 41.0. The first-order chi connectivity index (χ1) is 30.7. The normalized spacial score (nSPS) is 11.5. The van der Waals surface area contributed by atoms with E-state index in [9.17, 15) is 0 Å². The molecule has 0 radical (unpaired) electrons. The summed E-state index contributed by atoms with van der Waals surface area (Å²) in [7, 11) is 0. The van der Waals surface area contributed by atoms with Crippen LogP contribution in [0.3, 0.4) is 0 Å². The van der Waals surface area contributed by atoms with Gasteiger partial charge in [0.25, 0.3) is 0 Å². The second-order valence-electron chi connectivity index (χ2n) is 15.5. The lowest BCUT2D eigenvalue weighted by atomic mass is 9.99. The Balaban J connectivity index is 1.14. The Bertz CT molecular complexity index is 3530. The first kappa shape index (κ1) is 35.9. The minimum Gasteiger partial charge on any atom is -0.308 e. The Kier molecular flexibility index (Phi) is 8.65. The van der Waals surface area contributed by atoms with Crippen molar-refractivity contribution >= 4 is 53.3 Å². The molecule has 0 spiro atoms. The van der Waals surface area contributed by atoms with Crippen molar-refractivity contribution in [3.05, 3.63) is 218 Å². The van der Waals surface area contributed by atoms with Gasteiger partial charge in [-0.1, -0.05) is 182 Å². The monoisotopic (exact) mass is 808 g/mol. The van der Waals surface area contributed by atoms with Crippen LogP contribution in [0.2, 0.25) is 0 Å². The van der Waals surface area contributed by atoms with E-state index in [1.165, 1.54) is 37.4 Å². The van der Waals surface area contributed by atoms with Crippen LogP contribution in [-0.2, 0) is 0 Å². The number of thiophene rings is 1. The first-order valence-corrected chi connectivity index (χ1v) is 21.7. The second-order valence-corrected chi connectivity index (χ2v) is 16.6. The molecule has 0 aliphatic carbocycles. The third-order valence-corrected chi connectivity index (χ3v) is 13.1. The molecular weight excluding hydrogens is 773 g/mol. The number of rotatable bonds is 7. The van der Waals surface area contributed by atoms with E-state index in [2.05, 4.69) is 217 Å². The van der Waals surface area contributed by atoms with Gasteiger partial charge in [0.2, 0.25) is 0 Å². The summed E-state index contributed by atoms with van der Waals surface area (Å²) < 4.78 is 4.80. The van der Waals surface area contributed by atoms with E-state index in [1.807, 2.05) is 6.07 Å². The van der Waals surface area contributed by atoms with Crippen molar-refractivity contribution in [1.29, 1.82) is 0 Å². The molecule has 0 N–H and O–H groups in total. The molecule has 0 bridgehead atoms. The van der Waals surface area contributed by atoms with E-state index in [0.29, 0.717) is 17.5 Å². The molecule has 12 rings (SSSR count).